The summed E-state index contributed by atoms with van der Waals surface area (Å²) in [6, 6.07) is 7.74. The van der Waals surface area contributed by atoms with Crippen LogP contribution in [0.15, 0.2) is 36.8 Å². The molecule has 5 heteroatoms. The highest BCUT2D eigenvalue weighted by atomic mass is 16.1. The molecular weight excluding hydrogens is 252 g/mol. The van der Waals surface area contributed by atoms with Crippen molar-refractivity contribution < 1.29 is 4.79 Å². The molecule has 20 heavy (non-hydrogen) atoms. The van der Waals surface area contributed by atoms with E-state index in [9.17, 15) is 4.79 Å². The van der Waals surface area contributed by atoms with Gasteiger partial charge in [0.2, 0.25) is 5.91 Å². The number of benzene rings is 1. The van der Waals surface area contributed by atoms with E-state index < -0.39 is 0 Å². The fraction of sp³-hybridized carbons (Fsp3) is 0.333. The van der Waals surface area contributed by atoms with Crippen LogP contribution in [0.1, 0.15) is 18.2 Å². The van der Waals surface area contributed by atoms with Crippen LogP contribution >= 0.6 is 0 Å². The number of para-hydroxylation sites is 1. The van der Waals surface area contributed by atoms with E-state index >= 15 is 0 Å². The van der Waals surface area contributed by atoms with Gasteiger partial charge in [-0.15, -0.1) is 0 Å². The van der Waals surface area contributed by atoms with Crippen LogP contribution in [0.5, 0.6) is 0 Å². The summed E-state index contributed by atoms with van der Waals surface area (Å²) in [4.78, 5) is 16.2. The Balaban J connectivity index is 1.91. The molecule has 5 nitrogen and oxygen atoms in total. The number of nitrogens with zero attached hydrogens (tertiary/aromatic N) is 2. The summed E-state index contributed by atoms with van der Waals surface area (Å²) in [5, 5.41) is 6.11. The van der Waals surface area contributed by atoms with Gasteiger partial charge >= 0.3 is 0 Å². The van der Waals surface area contributed by atoms with Crippen LogP contribution in [-0.4, -0.2) is 22.0 Å². The largest absolute Gasteiger partial charge is 0.328 e. The minimum Gasteiger partial charge on any atom is -0.328 e. The molecule has 2 rings (SSSR count). The summed E-state index contributed by atoms with van der Waals surface area (Å²) >= 11 is 0. The minimum atomic E-state index is -0.0494. The Morgan fingerprint density at radius 3 is 2.90 bits per heavy atom. The quantitative estimate of drug-likeness (QED) is 0.845. The maximum atomic E-state index is 12.0. The molecule has 0 fully saturated rings. The molecule has 1 aromatic heterocycles. The first kappa shape index (κ1) is 14.3. The van der Waals surface area contributed by atoms with Crippen molar-refractivity contribution in [3.63, 3.8) is 0 Å². The Bertz CT molecular complexity index is 577. The Hall–Kier alpha value is -2.14. The lowest BCUT2D eigenvalue weighted by atomic mass is 10.2. The van der Waals surface area contributed by atoms with E-state index in [2.05, 4.69) is 15.6 Å². The lowest BCUT2D eigenvalue weighted by Crippen LogP contribution is -2.18. The van der Waals surface area contributed by atoms with E-state index in [1.54, 1.807) is 10.9 Å². The number of anilines is 1. The van der Waals surface area contributed by atoms with Crippen molar-refractivity contribution in [1.82, 2.24) is 14.9 Å². The Morgan fingerprint density at radius 1 is 1.35 bits per heavy atom. The van der Waals surface area contributed by atoms with Crippen LogP contribution in [0.25, 0.3) is 0 Å². The van der Waals surface area contributed by atoms with E-state index in [0.717, 1.165) is 30.0 Å². The Kier molecular flexibility index (Phi) is 4.90. The average Bonchev–Trinajstić information content (AvgIpc) is 2.86. The number of amides is 1. The first-order chi connectivity index (χ1) is 9.69. The number of carbonyl (C=O) groups excluding carboxylic acids is 1. The zero-order chi connectivity index (χ0) is 14.4. The van der Waals surface area contributed by atoms with Gasteiger partial charge in [-0.1, -0.05) is 25.1 Å². The van der Waals surface area contributed by atoms with Crippen molar-refractivity contribution in [3.8, 4) is 0 Å². The molecule has 2 N–H and O–H groups in total. The monoisotopic (exact) mass is 272 g/mol. The van der Waals surface area contributed by atoms with Gasteiger partial charge in [0.05, 0.1) is 12.0 Å². The third kappa shape index (κ3) is 3.93. The number of carbonyl (C=O) groups is 1. The van der Waals surface area contributed by atoms with E-state index in [0.29, 0.717) is 0 Å². The maximum Gasteiger partial charge on any atom is 0.244 e. The highest BCUT2D eigenvalue weighted by molar-refractivity contribution is 5.91. The minimum absolute atomic E-state index is 0.0494. The number of hydrogen-bond donors (Lipinski definition) is 2. The average molecular weight is 272 g/mol. The van der Waals surface area contributed by atoms with Crippen molar-refractivity contribution in [2.45, 2.75) is 26.9 Å². The lowest BCUT2D eigenvalue weighted by Gasteiger charge is -2.08. The molecular formula is C15H20N4O. The van der Waals surface area contributed by atoms with Crippen LogP contribution in [0.3, 0.4) is 0 Å². The van der Waals surface area contributed by atoms with Gasteiger partial charge in [0.15, 0.2) is 0 Å². The molecule has 106 valence electrons. The van der Waals surface area contributed by atoms with Gasteiger partial charge in [0.25, 0.3) is 0 Å². The molecule has 0 bridgehead atoms. The van der Waals surface area contributed by atoms with Gasteiger partial charge in [0, 0.05) is 18.4 Å². The topological polar surface area (TPSA) is 59.0 Å². The lowest BCUT2D eigenvalue weighted by molar-refractivity contribution is -0.116. The van der Waals surface area contributed by atoms with E-state index in [4.69, 9.17) is 0 Å². The van der Waals surface area contributed by atoms with Crippen LogP contribution in [0.2, 0.25) is 0 Å². The predicted octanol–water partition coefficient (Wildman–Crippen LogP) is 1.94. The van der Waals surface area contributed by atoms with Crippen molar-refractivity contribution in [1.29, 1.82) is 0 Å². The highest BCUT2D eigenvalue weighted by Crippen LogP contribution is 2.13. The standard InChI is InChI=1S/C15H20N4O/c1-3-16-8-13-9-19(11-17-13)10-15(20)18-14-7-5-4-6-12(14)2/h4-7,9,11,16H,3,8,10H2,1-2H3,(H,18,20). The zero-order valence-electron chi connectivity index (χ0n) is 11.9. The maximum absolute atomic E-state index is 12.0. The number of aryl methyl sites for hydroxylation is 1. The van der Waals surface area contributed by atoms with Crippen LogP contribution in [-0.2, 0) is 17.9 Å². The molecule has 0 saturated carbocycles. The molecule has 0 radical (unpaired) electrons. The third-order valence-corrected chi connectivity index (χ3v) is 2.99. The molecule has 0 aliphatic carbocycles. The number of rotatable bonds is 6. The van der Waals surface area contributed by atoms with Gasteiger partial charge in [-0.25, -0.2) is 4.98 Å². The number of aromatic nitrogens is 2. The van der Waals surface area contributed by atoms with Crippen molar-refractivity contribution in [2.24, 2.45) is 0 Å². The number of hydrogen-bond acceptors (Lipinski definition) is 3. The van der Waals surface area contributed by atoms with Gasteiger partial charge in [-0.3, -0.25) is 4.79 Å². The number of nitrogens with one attached hydrogen (secondary N) is 2. The fourth-order valence-corrected chi connectivity index (χ4v) is 1.91. The molecule has 1 heterocycles. The van der Waals surface area contributed by atoms with E-state index in [-0.39, 0.29) is 12.5 Å². The normalized spacial score (nSPS) is 10.5. The van der Waals surface area contributed by atoms with Crippen molar-refractivity contribution in [2.75, 3.05) is 11.9 Å². The summed E-state index contributed by atoms with van der Waals surface area (Å²) < 4.78 is 1.79. The summed E-state index contributed by atoms with van der Waals surface area (Å²) in [7, 11) is 0. The molecule has 1 amide bonds. The molecule has 0 aliphatic heterocycles. The smallest absolute Gasteiger partial charge is 0.244 e. The Morgan fingerprint density at radius 2 is 2.15 bits per heavy atom. The first-order valence-corrected chi connectivity index (χ1v) is 6.76. The van der Waals surface area contributed by atoms with E-state index in [1.165, 1.54) is 0 Å². The molecule has 0 unspecified atom stereocenters. The summed E-state index contributed by atoms with van der Waals surface area (Å²) in [6.45, 7) is 5.92. The molecule has 0 spiro atoms. The predicted molar refractivity (Wildman–Crippen MR) is 79.4 cm³/mol. The van der Waals surface area contributed by atoms with Crippen molar-refractivity contribution >= 4 is 11.6 Å². The van der Waals surface area contributed by atoms with Crippen LogP contribution < -0.4 is 10.6 Å². The molecule has 2 aromatic rings. The second-order valence-corrected chi connectivity index (χ2v) is 4.68. The SMILES string of the molecule is CCNCc1cn(CC(=O)Nc2ccccc2C)cn1. The van der Waals surface area contributed by atoms with Crippen LogP contribution in [0.4, 0.5) is 5.69 Å². The summed E-state index contributed by atoms with van der Waals surface area (Å²) in [5.41, 5.74) is 2.85. The Labute approximate surface area is 119 Å². The molecule has 0 saturated heterocycles. The van der Waals surface area contributed by atoms with Gasteiger partial charge in [-0.05, 0) is 25.1 Å². The van der Waals surface area contributed by atoms with Crippen molar-refractivity contribution in [3.05, 3.63) is 48.0 Å². The van der Waals surface area contributed by atoms with Gasteiger partial charge in [0.1, 0.15) is 6.54 Å². The van der Waals surface area contributed by atoms with Gasteiger partial charge in [-0.2, -0.15) is 0 Å². The highest BCUT2D eigenvalue weighted by Gasteiger charge is 2.06. The number of imidazole rings is 1. The van der Waals surface area contributed by atoms with E-state index in [1.807, 2.05) is 44.3 Å². The summed E-state index contributed by atoms with van der Waals surface area (Å²) in [6.07, 6.45) is 3.57. The molecule has 1 aromatic carbocycles. The molecule has 0 aliphatic rings. The first-order valence-electron chi connectivity index (χ1n) is 6.76. The second-order valence-electron chi connectivity index (χ2n) is 4.68. The second kappa shape index (κ2) is 6.86. The van der Waals surface area contributed by atoms with Gasteiger partial charge < -0.3 is 15.2 Å². The third-order valence-electron chi connectivity index (χ3n) is 2.99. The zero-order valence-corrected chi connectivity index (χ0v) is 11.9. The summed E-state index contributed by atoms with van der Waals surface area (Å²) in [5.74, 6) is -0.0494. The van der Waals surface area contributed by atoms with Crippen LogP contribution in [0, 0.1) is 6.92 Å². The molecule has 0 atom stereocenters. The fourth-order valence-electron chi connectivity index (χ4n) is 1.91.